The number of nitrogens with one attached hydrogen (secondary N) is 1. The molecule has 0 aliphatic rings. The molecule has 0 saturated heterocycles. The van der Waals surface area contributed by atoms with E-state index in [0.29, 0.717) is 11.4 Å². The van der Waals surface area contributed by atoms with Crippen molar-refractivity contribution in [2.75, 3.05) is 17.1 Å². The molecule has 20 heavy (non-hydrogen) atoms. The number of amidine groups is 1. The van der Waals surface area contributed by atoms with E-state index in [1.807, 2.05) is 13.8 Å². The van der Waals surface area contributed by atoms with Crippen molar-refractivity contribution in [1.82, 2.24) is 0 Å². The van der Waals surface area contributed by atoms with Crippen molar-refractivity contribution < 1.29 is 18.4 Å². The summed E-state index contributed by atoms with van der Waals surface area (Å²) < 4.78 is 31.3. The summed E-state index contributed by atoms with van der Waals surface area (Å²) in [5.74, 6) is 0.423. The maximum atomic E-state index is 11.8. The molecule has 0 fully saturated rings. The van der Waals surface area contributed by atoms with E-state index in [1.165, 1.54) is 6.07 Å². The molecule has 1 rings (SSSR count). The standard InChI is InChI=1S/C12H19N3O4S/c1-9(2)8-20(17,18)15-10-4-3-5-11(6-10)19-7-12(13)14-16/h3-6,9,15-16H,7-8H2,1-2H3,(H2,13,14). The molecule has 7 nitrogen and oxygen atoms in total. The van der Waals surface area contributed by atoms with E-state index in [9.17, 15) is 8.42 Å². The van der Waals surface area contributed by atoms with Crippen LogP contribution < -0.4 is 15.2 Å². The van der Waals surface area contributed by atoms with Crippen molar-refractivity contribution in [1.29, 1.82) is 0 Å². The Morgan fingerprint density at radius 3 is 2.80 bits per heavy atom. The summed E-state index contributed by atoms with van der Waals surface area (Å²) in [4.78, 5) is 0. The largest absolute Gasteiger partial charge is 0.485 e. The van der Waals surface area contributed by atoms with Gasteiger partial charge in [-0.25, -0.2) is 8.42 Å². The van der Waals surface area contributed by atoms with Crippen LogP contribution in [0.5, 0.6) is 5.75 Å². The van der Waals surface area contributed by atoms with Crippen LogP contribution >= 0.6 is 0 Å². The second-order valence-corrected chi connectivity index (χ2v) is 6.45. The van der Waals surface area contributed by atoms with Crippen LogP contribution in [0.2, 0.25) is 0 Å². The number of sulfonamides is 1. The van der Waals surface area contributed by atoms with E-state index in [2.05, 4.69) is 9.88 Å². The average Bonchev–Trinajstić information content (AvgIpc) is 2.34. The number of rotatable bonds is 7. The highest BCUT2D eigenvalue weighted by Crippen LogP contribution is 2.18. The van der Waals surface area contributed by atoms with Gasteiger partial charge in [0.1, 0.15) is 12.4 Å². The van der Waals surface area contributed by atoms with Crippen LogP contribution in [0, 0.1) is 5.92 Å². The van der Waals surface area contributed by atoms with Gasteiger partial charge < -0.3 is 15.7 Å². The topological polar surface area (TPSA) is 114 Å². The van der Waals surface area contributed by atoms with E-state index in [4.69, 9.17) is 15.7 Å². The maximum absolute atomic E-state index is 11.8. The molecule has 0 bridgehead atoms. The molecular formula is C12H19N3O4S. The van der Waals surface area contributed by atoms with Gasteiger partial charge in [-0.1, -0.05) is 25.1 Å². The van der Waals surface area contributed by atoms with Gasteiger partial charge in [0.15, 0.2) is 5.84 Å². The molecule has 1 aromatic rings. The summed E-state index contributed by atoms with van der Waals surface area (Å²) in [6, 6.07) is 6.44. The van der Waals surface area contributed by atoms with Crippen LogP contribution in [-0.2, 0) is 10.0 Å². The van der Waals surface area contributed by atoms with E-state index in [-0.39, 0.29) is 24.1 Å². The molecule has 8 heteroatoms. The zero-order chi connectivity index (χ0) is 15.2. The van der Waals surface area contributed by atoms with E-state index in [1.54, 1.807) is 18.2 Å². The second-order valence-electron chi connectivity index (χ2n) is 4.69. The molecule has 0 spiro atoms. The van der Waals surface area contributed by atoms with Crippen molar-refractivity contribution in [3.63, 3.8) is 0 Å². The Kier molecular flexibility index (Phi) is 5.63. The molecule has 0 atom stereocenters. The summed E-state index contributed by atoms with van der Waals surface area (Å²) in [5, 5.41) is 11.2. The fraction of sp³-hybridized carbons (Fsp3) is 0.417. The van der Waals surface area contributed by atoms with Gasteiger partial charge >= 0.3 is 0 Å². The number of nitrogens with zero attached hydrogens (tertiary/aromatic N) is 1. The summed E-state index contributed by atoms with van der Waals surface area (Å²) in [6.07, 6.45) is 0. The fourth-order valence-electron chi connectivity index (χ4n) is 1.50. The molecule has 0 aliphatic carbocycles. The lowest BCUT2D eigenvalue weighted by Crippen LogP contribution is -2.21. The third-order valence-electron chi connectivity index (χ3n) is 2.18. The van der Waals surface area contributed by atoms with Crippen molar-refractivity contribution in [3.8, 4) is 5.75 Å². The molecule has 0 aliphatic heterocycles. The van der Waals surface area contributed by atoms with Crippen LogP contribution in [0.1, 0.15) is 13.8 Å². The van der Waals surface area contributed by atoms with Gasteiger partial charge in [0, 0.05) is 6.07 Å². The Morgan fingerprint density at radius 2 is 2.20 bits per heavy atom. The van der Waals surface area contributed by atoms with Crippen molar-refractivity contribution in [2.45, 2.75) is 13.8 Å². The first kappa shape index (κ1) is 16.1. The Bertz CT molecular complexity index is 570. The first-order chi connectivity index (χ1) is 9.32. The Morgan fingerprint density at radius 1 is 1.50 bits per heavy atom. The van der Waals surface area contributed by atoms with E-state index >= 15 is 0 Å². The second kappa shape index (κ2) is 6.99. The number of ether oxygens (including phenoxy) is 1. The highest BCUT2D eigenvalue weighted by molar-refractivity contribution is 7.92. The van der Waals surface area contributed by atoms with Gasteiger partial charge in [-0.15, -0.1) is 0 Å². The van der Waals surface area contributed by atoms with Crippen molar-refractivity contribution in [3.05, 3.63) is 24.3 Å². The van der Waals surface area contributed by atoms with Gasteiger partial charge in [-0.05, 0) is 18.1 Å². The third kappa shape index (κ3) is 5.79. The molecule has 112 valence electrons. The molecule has 0 aromatic heterocycles. The number of oxime groups is 1. The molecule has 4 N–H and O–H groups in total. The van der Waals surface area contributed by atoms with E-state index < -0.39 is 10.0 Å². The predicted molar refractivity (Wildman–Crippen MR) is 77.6 cm³/mol. The fourth-order valence-corrected chi connectivity index (χ4v) is 2.94. The van der Waals surface area contributed by atoms with Gasteiger partial charge in [-0.3, -0.25) is 4.72 Å². The third-order valence-corrected chi connectivity index (χ3v) is 3.83. The molecule has 0 unspecified atom stereocenters. The lowest BCUT2D eigenvalue weighted by atomic mass is 10.3. The summed E-state index contributed by atoms with van der Waals surface area (Å²) in [5.41, 5.74) is 5.68. The highest BCUT2D eigenvalue weighted by Gasteiger charge is 2.13. The number of hydrogen-bond acceptors (Lipinski definition) is 5. The normalized spacial score (nSPS) is 12.4. The van der Waals surface area contributed by atoms with Gasteiger partial charge in [0.2, 0.25) is 10.0 Å². The van der Waals surface area contributed by atoms with Crippen LogP contribution in [0.15, 0.2) is 29.4 Å². The SMILES string of the molecule is CC(C)CS(=O)(=O)Nc1cccc(OCC(N)=NO)c1. The molecule has 0 saturated carbocycles. The lowest BCUT2D eigenvalue weighted by molar-refractivity contribution is 0.306. The number of hydrogen-bond donors (Lipinski definition) is 3. The smallest absolute Gasteiger partial charge is 0.232 e. The average molecular weight is 301 g/mol. The van der Waals surface area contributed by atoms with Gasteiger partial charge in [0.25, 0.3) is 0 Å². The Labute approximate surface area is 118 Å². The Balaban J connectivity index is 2.73. The molecule has 0 radical (unpaired) electrons. The lowest BCUT2D eigenvalue weighted by Gasteiger charge is -2.11. The number of anilines is 1. The summed E-state index contributed by atoms with van der Waals surface area (Å²) >= 11 is 0. The maximum Gasteiger partial charge on any atom is 0.232 e. The van der Waals surface area contributed by atoms with Gasteiger partial charge in [0.05, 0.1) is 11.4 Å². The first-order valence-corrected chi connectivity index (χ1v) is 7.67. The van der Waals surface area contributed by atoms with Crippen molar-refractivity contribution >= 4 is 21.5 Å². The monoisotopic (exact) mass is 301 g/mol. The number of nitrogens with two attached hydrogens (primary N) is 1. The minimum Gasteiger partial charge on any atom is -0.485 e. The van der Waals surface area contributed by atoms with Crippen molar-refractivity contribution in [2.24, 2.45) is 16.8 Å². The zero-order valence-electron chi connectivity index (χ0n) is 11.4. The van der Waals surface area contributed by atoms with Crippen LogP contribution in [0.3, 0.4) is 0 Å². The zero-order valence-corrected chi connectivity index (χ0v) is 12.2. The first-order valence-electron chi connectivity index (χ1n) is 6.02. The number of benzene rings is 1. The minimum absolute atomic E-state index is 0.0347. The quantitative estimate of drug-likeness (QED) is 0.303. The molecule has 1 aromatic carbocycles. The van der Waals surface area contributed by atoms with Crippen LogP contribution in [0.4, 0.5) is 5.69 Å². The van der Waals surface area contributed by atoms with E-state index in [0.717, 1.165) is 0 Å². The van der Waals surface area contributed by atoms with Crippen LogP contribution in [0.25, 0.3) is 0 Å². The van der Waals surface area contributed by atoms with Gasteiger partial charge in [-0.2, -0.15) is 0 Å². The molecular weight excluding hydrogens is 282 g/mol. The predicted octanol–water partition coefficient (Wildman–Crippen LogP) is 1.21. The highest BCUT2D eigenvalue weighted by atomic mass is 32.2. The molecule has 0 heterocycles. The minimum atomic E-state index is -3.38. The Hall–Kier alpha value is -1.96. The van der Waals surface area contributed by atoms with Crippen LogP contribution in [-0.4, -0.2) is 31.8 Å². The summed E-state index contributed by atoms with van der Waals surface area (Å²) in [6.45, 7) is 3.57. The molecule has 0 amide bonds. The summed E-state index contributed by atoms with van der Waals surface area (Å²) in [7, 11) is -3.38.